The van der Waals surface area contributed by atoms with Gasteiger partial charge in [0.25, 0.3) is 0 Å². The summed E-state index contributed by atoms with van der Waals surface area (Å²) in [5.74, 6) is 0.582. The van der Waals surface area contributed by atoms with Crippen LogP contribution in [0.5, 0.6) is 0 Å². The summed E-state index contributed by atoms with van der Waals surface area (Å²) in [5, 5.41) is 3.69. The summed E-state index contributed by atoms with van der Waals surface area (Å²) in [4.78, 5) is 0.163. The van der Waals surface area contributed by atoms with Crippen molar-refractivity contribution in [1.82, 2.24) is 9.88 Å². The third-order valence-corrected chi connectivity index (χ3v) is 5.29. The Morgan fingerprint density at radius 1 is 1.25 bits per heavy atom. The molecule has 20 heavy (non-hydrogen) atoms. The number of hydrogen-bond acceptors (Lipinski definition) is 4. The monoisotopic (exact) mass is 292 g/mol. The first-order valence-corrected chi connectivity index (χ1v) is 7.97. The Morgan fingerprint density at radius 2 is 1.95 bits per heavy atom. The van der Waals surface area contributed by atoms with Crippen molar-refractivity contribution < 1.29 is 12.9 Å². The number of benzene rings is 1. The molecule has 6 heteroatoms. The SMILES string of the molecule is Cc1noc(C)c1S(=O)(=O)NC1CC1c1ccccc1. The molecule has 1 aliphatic carbocycles. The van der Waals surface area contributed by atoms with E-state index in [1.165, 1.54) is 5.56 Å². The molecule has 0 amide bonds. The Kier molecular flexibility index (Phi) is 3.14. The van der Waals surface area contributed by atoms with Crippen LogP contribution in [0.3, 0.4) is 0 Å². The molecule has 1 aliphatic rings. The van der Waals surface area contributed by atoms with Gasteiger partial charge in [-0.1, -0.05) is 35.5 Å². The molecule has 0 aliphatic heterocycles. The molecule has 2 atom stereocenters. The van der Waals surface area contributed by atoms with E-state index in [9.17, 15) is 8.42 Å². The minimum Gasteiger partial charge on any atom is -0.360 e. The van der Waals surface area contributed by atoms with E-state index in [0.717, 1.165) is 6.42 Å². The first kappa shape index (κ1) is 13.3. The largest absolute Gasteiger partial charge is 0.360 e. The summed E-state index contributed by atoms with van der Waals surface area (Å²) in [6.45, 7) is 3.24. The first-order chi connectivity index (χ1) is 9.49. The summed E-state index contributed by atoms with van der Waals surface area (Å²) < 4.78 is 32.4. The molecule has 1 fully saturated rings. The van der Waals surface area contributed by atoms with Crippen LogP contribution in [0.2, 0.25) is 0 Å². The molecular formula is C14H16N2O3S. The molecule has 0 saturated heterocycles. The molecule has 0 radical (unpaired) electrons. The number of rotatable bonds is 4. The van der Waals surface area contributed by atoms with Crippen LogP contribution in [0.4, 0.5) is 0 Å². The van der Waals surface area contributed by atoms with E-state index in [-0.39, 0.29) is 16.9 Å². The Bertz CT molecular complexity index is 703. The van der Waals surface area contributed by atoms with Crippen molar-refractivity contribution in [1.29, 1.82) is 0 Å². The van der Waals surface area contributed by atoms with Gasteiger partial charge >= 0.3 is 0 Å². The van der Waals surface area contributed by atoms with Crippen molar-refractivity contribution in [2.45, 2.75) is 37.1 Å². The van der Waals surface area contributed by atoms with Crippen molar-refractivity contribution in [2.75, 3.05) is 0 Å². The Labute approximate surface area is 118 Å². The Balaban J connectivity index is 1.77. The molecule has 0 spiro atoms. The van der Waals surface area contributed by atoms with Crippen LogP contribution in [0.25, 0.3) is 0 Å². The minimum absolute atomic E-state index is 0.0453. The average Bonchev–Trinajstić information content (AvgIpc) is 3.06. The standard InChI is InChI=1S/C14H16N2O3S/c1-9-14(10(2)19-15-9)20(17,18)16-13-8-12(13)11-6-4-3-5-7-11/h3-7,12-13,16H,8H2,1-2H3. The third-order valence-electron chi connectivity index (χ3n) is 3.56. The van der Waals surface area contributed by atoms with E-state index >= 15 is 0 Å². The highest BCUT2D eigenvalue weighted by atomic mass is 32.2. The lowest BCUT2D eigenvalue weighted by atomic mass is 10.1. The quantitative estimate of drug-likeness (QED) is 0.937. The fourth-order valence-electron chi connectivity index (χ4n) is 2.51. The van der Waals surface area contributed by atoms with Crippen molar-refractivity contribution in [2.24, 2.45) is 0 Å². The van der Waals surface area contributed by atoms with Crippen LogP contribution >= 0.6 is 0 Å². The third kappa shape index (κ3) is 2.36. The van der Waals surface area contributed by atoms with Gasteiger partial charge in [-0.05, 0) is 25.8 Å². The van der Waals surface area contributed by atoms with E-state index in [2.05, 4.69) is 9.88 Å². The summed E-state index contributed by atoms with van der Waals surface area (Å²) in [7, 11) is -3.56. The van der Waals surface area contributed by atoms with Crippen LogP contribution in [0.1, 0.15) is 29.4 Å². The molecule has 1 aromatic carbocycles. The molecule has 106 valence electrons. The predicted octanol–water partition coefficient (Wildman–Crippen LogP) is 2.13. The fraction of sp³-hybridized carbons (Fsp3) is 0.357. The highest BCUT2D eigenvalue weighted by molar-refractivity contribution is 7.89. The molecule has 1 N–H and O–H groups in total. The molecule has 5 nitrogen and oxygen atoms in total. The number of sulfonamides is 1. The van der Waals surface area contributed by atoms with Crippen LogP contribution in [-0.2, 0) is 10.0 Å². The Hall–Kier alpha value is -1.66. The van der Waals surface area contributed by atoms with E-state index in [1.807, 2.05) is 30.3 Å². The van der Waals surface area contributed by atoms with Crippen LogP contribution in [0.15, 0.2) is 39.8 Å². The zero-order valence-electron chi connectivity index (χ0n) is 11.3. The lowest BCUT2D eigenvalue weighted by Crippen LogP contribution is -2.27. The maximum absolute atomic E-state index is 12.4. The van der Waals surface area contributed by atoms with Gasteiger partial charge in [0.1, 0.15) is 10.6 Å². The average molecular weight is 292 g/mol. The predicted molar refractivity (Wildman–Crippen MR) is 73.9 cm³/mol. The van der Waals surface area contributed by atoms with Gasteiger partial charge < -0.3 is 4.52 Å². The fourth-order valence-corrected chi connectivity index (χ4v) is 4.13. The second-order valence-corrected chi connectivity index (χ2v) is 6.78. The van der Waals surface area contributed by atoms with Gasteiger partial charge in [0.2, 0.25) is 10.0 Å². The van der Waals surface area contributed by atoms with Crippen molar-refractivity contribution in [3.63, 3.8) is 0 Å². The van der Waals surface area contributed by atoms with Crippen molar-refractivity contribution in [3.8, 4) is 0 Å². The van der Waals surface area contributed by atoms with E-state index < -0.39 is 10.0 Å². The summed E-state index contributed by atoms with van der Waals surface area (Å²) >= 11 is 0. The summed E-state index contributed by atoms with van der Waals surface area (Å²) in [6.07, 6.45) is 0.826. The van der Waals surface area contributed by atoms with Gasteiger partial charge in [0.15, 0.2) is 5.76 Å². The maximum atomic E-state index is 12.4. The van der Waals surface area contributed by atoms with Crippen LogP contribution in [0, 0.1) is 13.8 Å². The minimum atomic E-state index is -3.56. The van der Waals surface area contributed by atoms with Gasteiger partial charge in [0, 0.05) is 12.0 Å². The molecule has 1 aromatic heterocycles. The molecule has 1 saturated carbocycles. The normalized spacial score (nSPS) is 21.9. The zero-order chi connectivity index (χ0) is 14.3. The highest BCUT2D eigenvalue weighted by Gasteiger charge is 2.42. The van der Waals surface area contributed by atoms with Crippen molar-refractivity contribution >= 4 is 10.0 Å². The van der Waals surface area contributed by atoms with Gasteiger partial charge in [0.05, 0.1) is 0 Å². The van der Waals surface area contributed by atoms with Gasteiger partial charge in [-0.3, -0.25) is 0 Å². The smallest absolute Gasteiger partial charge is 0.246 e. The number of nitrogens with zero attached hydrogens (tertiary/aromatic N) is 1. The Morgan fingerprint density at radius 3 is 2.55 bits per heavy atom. The second-order valence-electron chi connectivity index (χ2n) is 5.13. The van der Waals surface area contributed by atoms with Crippen LogP contribution in [-0.4, -0.2) is 19.6 Å². The molecule has 3 rings (SSSR count). The molecule has 2 aromatic rings. The number of hydrogen-bond donors (Lipinski definition) is 1. The maximum Gasteiger partial charge on any atom is 0.246 e. The second kappa shape index (κ2) is 4.71. The lowest BCUT2D eigenvalue weighted by Gasteiger charge is -2.05. The van der Waals surface area contributed by atoms with Crippen LogP contribution < -0.4 is 4.72 Å². The van der Waals surface area contributed by atoms with Crippen molar-refractivity contribution in [3.05, 3.63) is 47.3 Å². The van der Waals surface area contributed by atoms with E-state index in [4.69, 9.17) is 4.52 Å². The molecule has 2 unspecified atom stereocenters. The number of nitrogens with one attached hydrogen (secondary N) is 1. The molecular weight excluding hydrogens is 276 g/mol. The van der Waals surface area contributed by atoms with E-state index in [1.54, 1.807) is 13.8 Å². The first-order valence-electron chi connectivity index (χ1n) is 6.49. The zero-order valence-corrected chi connectivity index (χ0v) is 12.1. The summed E-state index contributed by atoms with van der Waals surface area (Å²) in [6, 6.07) is 9.88. The lowest BCUT2D eigenvalue weighted by molar-refractivity contribution is 0.390. The topological polar surface area (TPSA) is 72.2 Å². The van der Waals surface area contributed by atoms with E-state index in [0.29, 0.717) is 11.5 Å². The van der Waals surface area contributed by atoms with Gasteiger partial charge in [-0.15, -0.1) is 0 Å². The summed E-state index contributed by atoms with van der Waals surface area (Å²) in [5.41, 5.74) is 1.56. The number of aryl methyl sites for hydroxylation is 2. The molecule has 1 heterocycles. The molecule has 0 bridgehead atoms. The van der Waals surface area contributed by atoms with Gasteiger partial charge in [-0.2, -0.15) is 0 Å². The van der Waals surface area contributed by atoms with Gasteiger partial charge in [-0.25, -0.2) is 13.1 Å². The highest BCUT2D eigenvalue weighted by Crippen LogP contribution is 2.41. The number of aromatic nitrogens is 1.